The predicted molar refractivity (Wildman–Crippen MR) is 71.4 cm³/mol. The summed E-state index contributed by atoms with van der Waals surface area (Å²) in [7, 11) is -4.93. The minimum atomic E-state index is -3.88. The molecule has 0 aliphatic carbocycles. The molecular weight excluding hydrogens is 388 g/mol. The van der Waals surface area contributed by atoms with E-state index in [1.165, 1.54) is 21.6 Å². The van der Waals surface area contributed by atoms with E-state index in [1.54, 1.807) is 0 Å². The van der Waals surface area contributed by atoms with Crippen LogP contribution in [-0.4, -0.2) is 49.0 Å². The second-order valence-electron chi connectivity index (χ2n) is 2.92. The fraction of sp³-hybridized carbons (Fsp3) is 1.00. The van der Waals surface area contributed by atoms with Crippen molar-refractivity contribution >= 4 is 41.8 Å². The van der Waals surface area contributed by atoms with Crippen LogP contribution < -0.4 is 118 Å². The molecule has 0 heterocycles. The fourth-order valence-electron chi connectivity index (χ4n) is 0.718. The smallest absolute Gasteiger partial charge is 1.00 e. The van der Waals surface area contributed by atoms with Crippen molar-refractivity contribution in [1.82, 2.24) is 0 Å². The molecule has 0 aromatic carbocycles. The third kappa shape index (κ3) is 34.0. The van der Waals surface area contributed by atoms with E-state index >= 15 is 0 Å². The second kappa shape index (κ2) is 19.8. The number of hydrogen-bond donors (Lipinski definition) is 2. The summed E-state index contributed by atoms with van der Waals surface area (Å²) in [5, 5.41) is 0. The van der Waals surface area contributed by atoms with Crippen molar-refractivity contribution in [3.05, 3.63) is 0 Å². The van der Waals surface area contributed by atoms with Gasteiger partial charge in [0, 0.05) is 11.5 Å². The van der Waals surface area contributed by atoms with Crippen molar-refractivity contribution in [2.24, 2.45) is 0 Å². The maximum Gasteiger partial charge on any atom is 1.00 e. The molecule has 0 saturated heterocycles. The van der Waals surface area contributed by atoms with Crippen molar-refractivity contribution in [1.29, 1.82) is 0 Å². The first-order chi connectivity index (χ1) is 7.21. The minimum Gasteiger partial charge on any atom is -1.00 e. The van der Waals surface area contributed by atoms with Gasteiger partial charge in [-0.05, 0) is 12.8 Å². The van der Waals surface area contributed by atoms with Crippen LogP contribution in [-0.2, 0) is 20.2 Å². The van der Waals surface area contributed by atoms with Crippen molar-refractivity contribution in [3.8, 4) is 0 Å². The van der Waals surface area contributed by atoms with Crippen molar-refractivity contribution in [2.75, 3.05) is 23.0 Å². The summed E-state index contributed by atoms with van der Waals surface area (Å²) < 4.78 is 58.1. The molecule has 0 saturated carbocycles. The molecule has 0 aliphatic rings. The van der Waals surface area contributed by atoms with Crippen LogP contribution in [0, 0.1) is 0 Å². The van der Waals surface area contributed by atoms with Crippen LogP contribution in [0.3, 0.4) is 0 Å². The molecule has 20 heavy (non-hydrogen) atoms. The van der Waals surface area contributed by atoms with E-state index < -0.39 is 20.2 Å². The quantitative estimate of drug-likeness (QED) is 0.168. The Morgan fingerprint density at radius 3 is 1.15 bits per heavy atom. The van der Waals surface area contributed by atoms with Crippen molar-refractivity contribution in [3.63, 3.8) is 0 Å². The van der Waals surface area contributed by atoms with E-state index in [0.717, 1.165) is 0 Å². The topological polar surface area (TPSA) is 109 Å². The molecule has 0 rings (SSSR count). The largest absolute Gasteiger partial charge is 1.00 e. The molecule has 106 valence electrons. The first-order valence-electron chi connectivity index (χ1n) is 4.35. The zero-order valence-electron chi connectivity index (χ0n) is 16.4. The molecule has 0 fully saturated rings. The van der Waals surface area contributed by atoms with E-state index in [1.807, 2.05) is 0 Å². The second-order valence-corrected chi connectivity index (χ2v) is 8.77. The van der Waals surface area contributed by atoms with Crippen LogP contribution in [0.2, 0.25) is 0 Å². The maximum absolute atomic E-state index is 10.3. The monoisotopic (exact) mass is 406 g/mol. The van der Waals surface area contributed by atoms with Gasteiger partial charge >= 0.3 is 118 Å². The van der Waals surface area contributed by atoms with Gasteiger partial charge < -0.3 is 5.71 Å². The normalized spacial score (nSPS) is 10.3. The van der Waals surface area contributed by atoms with Crippen molar-refractivity contribution < 1.29 is 150 Å². The molecule has 0 amide bonds. The zero-order valence-corrected chi connectivity index (χ0v) is 23.7. The number of hydrogen-bond acceptors (Lipinski definition) is 6. The van der Waals surface area contributed by atoms with Crippen LogP contribution in [0.5, 0.6) is 0 Å². The molecule has 0 aromatic heterocycles. The molecule has 0 unspecified atom stereocenters. The molecule has 0 bridgehead atoms. The first kappa shape index (κ1) is 35.6. The molecular formula is C6H18Na4O6S4. The predicted octanol–water partition coefficient (Wildman–Crippen LogP) is -10.6. The molecule has 0 spiro atoms. The Morgan fingerprint density at radius 2 is 0.950 bits per heavy atom. The number of rotatable bonds is 9. The van der Waals surface area contributed by atoms with E-state index in [9.17, 15) is 16.8 Å². The van der Waals surface area contributed by atoms with Crippen LogP contribution in [0.15, 0.2) is 0 Å². The van der Waals surface area contributed by atoms with Crippen LogP contribution >= 0.6 is 21.6 Å². The summed E-state index contributed by atoms with van der Waals surface area (Å²) in [6.45, 7) is 0. The average Bonchev–Trinajstić information content (AvgIpc) is 2.06. The Balaban J connectivity index is -0.0000000402. The fourth-order valence-corrected chi connectivity index (χ4v) is 4.28. The first-order valence-corrected chi connectivity index (χ1v) is 10.1. The Morgan fingerprint density at radius 1 is 0.700 bits per heavy atom. The molecule has 0 radical (unpaired) electrons. The van der Waals surface area contributed by atoms with Gasteiger partial charge in [0.25, 0.3) is 20.2 Å². The Labute approximate surface area is 223 Å². The summed E-state index contributed by atoms with van der Waals surface area (Å²) in [6, 6.07) is 0. The van der Waals surface area contributed by atoms with Crippen LogP contribution in [0.4, 0.5) is 0 Å². The molecule has 14 heteroatoms. The van der Waals surface area contributed by atoms with E-state index in [4.69, 9.17) is 9.11 Å². The third-order valence-electron chi connectivity index (χ3n) is 1.34. The van der Waals surface area contributed by atoms with Crippen LogP contribution in [0.1, 0.15) is 18.5 Å². The van der Waals surface area contributed by atoms with E-state index in [-0.39, 0.29) is 135 Å². The Kier molecular flexibility index (Phi) is 35.3. The Hall–Kier alpha value is 4.52. The maximum atomic E-state index is 10.3. The summed E-state index contributed by atoms with van der Waals surface area (Å²) >= 11 is 0. The van der Waals surface area contributed by atoms with Gasteiger partial charge in [-0.3, -0.25) is 9.11 Å². The Bertz CT molecular complexity index is 364. The van der Waals surface area contributed by atoms with Gasteiger partial charge in [-0.2, -0.15) is 16.8 Å². The van der Waals surface area contributed by atoms with Gasteiger partial charge in [-0.1, -0.05) is 21.6 Å². The standard InChI is InChI=1S/C6H14O6S4.4Na.4H/c7-15(8,9)5-1-3-13-14-4-2-6-16(10,11)12;;;;;;;;/h1-6H2,(H,7,8,9)(H,10,11,12);;;;;;;;/q;4*+1;4*-1. The van der Waals surface area contributed by atoms with Gasteiger partial charge in [0.15, 0.2) is 0 Å². The minimum absolute atomic E-state index is 0. The van der Waals surface area contributed by atoms with Gasteiger partial charge in [-0.25, -0.2) is 0 Å². The molecule has 0 atom stereocenters. The van der Waals surface area contributed by atoms with Gasteiger partial charge in [0.05, 0.1) is 11.5 Å². The average molecular weight is 406 g/mol. The molecule has 6 nitrogen and oxygen atoms in total. The zero-order chi connectivity index (χ0) is 12.7. The van der Waals surface area contributed by atoms with Gasteiger partial charge in [0.1, 0.15) is 0 Å². The van der Waals surface area contributed by atoms with E-state index in [0.29, 0.717) is 24.3 Å². The van der Waals surface area contributed by atoms with Gasteiger partial charge in [-0.15, -0.1) is 0 Å². The summed E-state index contributed by atoms with van der Waals surface area (Å²) in [5.74, 6) is 0.615. The molecule has 0 aromatic rings. The third-order valence-corrected chi connectivity index (χ3v) is 5.53. The van der Waals surface area contributed by atoms with Gasteiger partial charge in [0.2, 0.25) is 0 Å². The summed E-state index contributed by atoms with van der Waals surface area (Å²) in [6.07, 6.45) is 0.712. The summed E-state index contributed by atoms with van der Waals surface area (Å²) in [5.41, 5.74) is 0. The van der Waals surface area contributed by atoms with Crippen LogP contribution in [0.25, 0.3) is 0 Å². The van der Waals surface area contributed by atoms with Crippen molar-refractivity contribution in [2.45, 2.75) is 12.8 Å². The molecule has 0 aliphatic heterocycles. The SMILES string of the molecule is O=S(=O)(O)CCCSSCCCS(=O)(=O)O.[H-].[H-].[H-].[H-].[Na+].[Na+].[Na+].[Na+]. The van der Waals surface area contributed by atoms with E-state index in [2.05, 4.69) is 0 Å². The summed E-state index contributed by atoms with van der Waals surface area (Å²) in [4.78, 5) is 0. The molecule has 2 N–H and O–H groups in total.